The van der Waals surface area contributed by atoms with E-state index in [9.17, 15) is 17.6 Å². The molecule has 1 atom stereocenters. The fourth-order valence-corrected chi connectivity index (χ4v) is 3.62. The molecule has 6 nitrogen and oxygen atoms in total. The monoisotopic (exact) mass is 428 g/mol. The second-order valence-corrected chi connectivity index (χ2v) is 8.23. The maximum atomic E-state index is 14.3. The average molecular weight is 428 g/mol. The molecular formula is C18H20F4N6S. The largest absolute Gasteiger partial charge is 0.421 e. The summed E-state index contributed by atoms with van der Waals surface area (Å²) in [6, 6.07) is 2.70. The molecule has 0 spiro atoms. The first-order valence-electron chi connectivity index (χ1n) is 9.24. The van der Waals surface area contributed by atoms with Gasteiger partial charge in [0, 0.05) is 35.0 Å². The lowest BCUT2D eigenvalue weighted by Gasteiger charge is -2.28. The van der Waals surface area contributed by atoms with Crippen LogP contribution in [0.5, 0.6) is 0 Å². The number of benzene rings is 1. The van der Waals surface area contributed by atoms with Gasteiger partial charge in [0.1, 0.15) is 17.2 Å². The minimum Gasteiger partial charge on any atom is -0.369 e. The van der Waals surface area contributed by atoms with Crippen molar-refractivity contribution in [3.8, 4) is 0 Å². The van der Waals surface area contributed by atoms with Gasteiger partial charge in [0.2, 0.25) is 0 Å². The van der Waals surface area contributed by atoms with Crippen molar-refractivity contribution in [1.29, 1.82) is 5.41 Å². The summed E-state index contributed by atoms with van der Waals surface area (Å²) in [5.41, 5.74) is -0.0322. The molecule has 1 aliphatic heterocycles. The highest BCUT2D eigenvalue weighted by molar-refractivity contribution is 8.01. The molecule has 0 radical (unpaired) electrons. The molecule has 3 aliphatic rings. The predicted octanol–water partition coefficient (Wildman–Crippen LogP) is 3.94. The van der Waals surface area contributed by atoms with E-state index < -0.39 is 23.9 Å². The summed E-state index contributed by atoms with van der Waals surface area (Å²) in [5, 5.41) is 16.6. The summed E-state index contributed by atoms with van der Waals surface area (Å²) in [4.78, 5) is 3.90. The van der Waals surface area contributed by atoms with Crippen molar-refractivity contribution in [1.82, 2.24) is 10.6 Å². The van der Waals surface area contributed by atoms with Crippen molar-refractivity contribution >= 4 is 35.8 Å². The van der Waals surface area contributed by atoms with Crippen LogP contribution >= 0.6 is 11.9 Å². The van der Waals surface area contributed by atoms with E-state index in [1.165, 1.54) is 24.1 Å². The van der Waals surface area contributed by atoms with Crippen molar-refractivity contribution in [3.63, 3.8) is 0 Å². The van der Waals surface area contributed by atoms with Gasteiger partial charge in [-0.2, -0.15) is 13.2 Å². The minimum absolute atomic E-state index is 0.0141. The first-order chi connectivity index (χ1) is 13.8. The van der Waals surface area contributed by atoms with Crippen LogP contribution in [0.1, 0.15) is 31.2 Å². The van der Waals surface area contributed by atoms with Crippen LogP contribution in [-0.4, -0.2) is 36.2 Å². The molecule has 1 aromatic rings. The Morgan fingerprint density at radius 3 is 2.55 bits per heavy atom. The molecule has 11 heteroatoms. The molecule has 0 saturated heterocycles. The molecule has 0 aromatic heterocycles. The summed E-state index contributed by atoms with van der Waals surface area (Å²) in [7, 11) is 0. The van der Waals surface area contributed by atoms with Gasteiger partial charge in [-0.1, -0.05) is 0 Å². The van der Waals surface area contributed by atoms with Crippen LogP contribution in [0.3, 0.4) is 0 Å². The number of hydrogen-bond donors (Lipinski definition) is 5. The molecule has 1 unspecified atom stereocenters. The van der Waals surface area contributed by atoms with Crippen LogP contribution in [0.2, 0.25) is 0 Å². The van der Waals surface area contributed by atoms with Crippen molar-refractivity contribution in [2.45, 2.75) is 49.4 Å². The van der Waals surface area contributed by atoms with Crippen molar-refractivity contribution in [3.05, 3.63) is 34.9 Å². The molecule has 29 heavy (non-hydrogen) atoms. The standard InChI is InChI=1S/C18H20F4N6S/c19-13-5-6-14(11(7-23)15(13)28-29-10-3-4-10)26-17-24-8-12(18(20,21)22)16(27-17)25-9-1-2-9/h5-10,17,23,25-28H,1-4H2. The second-order valence-electron chi connectivity index (χ2n) is 7.12. The second kappa shape index (κ2) is 7.77. The van der Waals surface area contributed by atoms with Crippen LogP contribution in [0.4, 0.5) is 28.9 Å². The van der Waals surface area contributed by atoms with E-state index in [0.717, 1.165) is 38.1 Å². The highest BCUT2D eigenvalue weighted by atomic mass is 32.2. The van der Waals surface area contributed by atoms with E-state index in [1.54, 1.807) is 0 Å². The molecule has 0 amide bonds. The van der Waals surface area contributed by atoms with Gasteiger partial charge in [-0.05, 0) is 49.8 Å². The molecule has 5 N–H and O–H groups in total. The SMILES string of the molecule is N=Cc1c(NC2N=CC(C(F)(F)F)=C(NC3CC3)N2)ccc(F)c1NSC1CC1. The van der Waals surface area contributed by atoms with Crippen LogP contribution < -0.4 is 20.7 Å². The molecule has 2 saturated carbocycles. The Morgan fingerprint density at radius 2 is 1.93 bits per heavy atom. The number of nitrogens with one attached hydrogen (secondary N) is 5. The van der Waals surface area contributed by atoms with E-state index in [2.05, 4.69) is 25.7 Å². The van der Waals surface area contributed by atoms with Gasteiger partial charge in [-0.3, -0.25) is 0 Å². The van der Waals surface area contributed by atoms with Crippen molar-refractivity contribution in [2.75, 3.05) is 10.0 Å². The molecule has 0 bridgehead atoms. The Kier molecular flexibility index (Phi) is 5.32. The van der Waals surface area contributed by atoms with Crippen molar-refractivity contribution < 1.29 is 17.6 Å². The van der Waals surface area contributed by atoms with Gasteiger partial charge >= 0.3 is 6.18 Å². The van der Waals surface area contributed by atoms with Crippen LogP contribution in [0, 0.1) is 11.2 Å². The summed E-state index contributed by atoms with van der Waals surface area (Å²) in [6.45, 7) is 0. The van der Waals surface area contributed by atoms with Crippen molar-refractivity contribution in [2.24, 2.45) is 4.99 Å². The fourth-order valence-electron chi connectivity index (χ4n) is 2.75. The third kappa shape index (κ3) is 4.77. The maximum absolute atomic E-state index is 14.3. The van der Waals surface area contributed by atoms with Crippen LogP contribution in [-0.2, 0) is 0 Å². The van der Waals surface area contributed by atoms with E-state index in [-0.39, 0.29) is 23.1 Å². The Hall–Kier alpha value is -2.43. The zero-order chi connectivity index (χ0) is 20.6. The third-order valence-electron chi connectivity index (χ3n) is 4.62. The molecule has 2 aliphatic carbocycles. The highest BCUT2D eigenvalue weighted by Gasteiger charge is 2.39. The minimum atomic E-state index is -4.54. The van der Waals surface area contributed by atoms with E-state index in [1.807, 2.05) is 0 Å². The smallest absolute Gasteiger partial charge is 0.369 e. The van der Waals surface area contributed by atoms with Gasteiger partial charge < -0.3 is 26.1 Å². The highest BCUT2D eigenvalue weighted by Crippen LogP contribution is 2.37. The molecule has 2 fully saturated rings. The summed E-state index contributed by atoms with van der Waals surface area (Å²) < 4.78 is 57.0. The Labute approximate surface area is 169 Å². The third-order valence-corrected chi connectivity index (χ3v) is 5.74. The summed E-state index contributed by atoms with van der Waals surface area (Å²) in [5.74, 6) is -0.633. The lowest BCUT2D eigenvalue weighted by Crippen LogP contribution is -2.45. The molecule has 1 aromatic carbocycles. The number of alkyl halides is 3. The van der Waals surface area contributed by atoms with Crippen LogP contribution in [0.15, 0.2) is 28.5 Å². The first kappa shape index (κ1) is 19.9. The van der Waals surface area contributed by atoms with Gasteiger partial charge in [0.15, 0.2) is 6.29 Å². The average Bonchev–Trinajstić information content (AvgIpc) is 3.56. The normalized spacial score (nSPS) is 21.6. The topological polar surface area (TPSA) is 84.3 Å². The lowest BCUT2D eigenvalue weighted by atomic mass is 10.1. The zero-order valence-corrected chi connectivity index (χ0v) is 16.1. The number of nitrogens with zero attached hydrogens (tertiary/aromatic N) is 1. The number of anilines is 2. The fraction of sp³-hybridized carbons (Fsp3) is 0.444. The van der Waals surface area contributed by atoms with Crippen LogP contribution in [0.25, 0.3) is 0 Å². The van der Waals surface area contributed by atoms with E-state index in [0.29, 0.717) is 10.9 Å². The maximum Gasteiger partial charge on any atom is 0.421 e. The Bertz CT molecular complexity index is 861. The molecular weight excluding hydrogens is 408 g/mol. The number of aliphatic imine (C=N–C) groups is 1. The number of rotatable bonds is 8. The number of halogens is 4. The van der Waals surface area contributed by atoms with Gasteiger partial charge in [-0.15, -0.1) is 0 Å². The van der Waals surface area contributed by atoms with Gasteiger partial charge in [0.05, 0.1) is 5.69 Å². The quantitative estimate of drug-likeness (QED) is 0.246. The molecule has 1 heterocycles. The van der Waals surface area contributed by atoms with Gasteiger partial charge in [0.25, 0.3) is 0 Å². The summed E-state index contributed by atoms with van der Waals surface area (Å²) >= 11 is 1.40. The summed E-state index contributed by atoms with van der Waals surface area (Å²) in [6.07, 6.45) is 0.111. The molecule has 4 rings (SSSR count). The van der Waals surface area contributed by atoms with Gasteiger partial charge in [-0.25, -0.2) is 9.38 Å². The number of allylic oxidation sites excluding steroid dienone is 1. The molecule has 156 valence electrons. The zero-order valence-electron chi connectivity index (χ0n) is 15.2. The first-order valence-corrected chi connectivity index (χ1v) is 10.1. The predicted molar refractivity (Wildman–Crippen MR) is 107 cm³/mol. The van der Waals surface area contributed by atoms with E-state index >= 15 is 0 Å². The Morgan fingerprint density at radius 1 is 1.17 bits per heavy atom. The lowest BCUT2D eigenvalue weighted by molar-refractivity contribution is -0.0873. The number of hydrogen-bond acceptors (Lipinski definition) is 7. The Balaban J connectivity index is 1.53. The van der Waals surface area contributed by atoms with E-state index in [4.69, 9.17) is 5.41 Å².